The van der Waals surface area contributed by atoms with Crippen LogP contribution in [0.5, 0.6) is 17.2 Å². The molecule has 1 aromatic heterocycles. The van der Waals surface area contributed by atoms with Crippen LogP contribution in [0.3, 0.4) is 0 Å². The summed E-state index contributed by atoms with van der Waals surface area (Å²) in [6, 6.07) is 3.72. The molecule has 0 amide bonds. The summed E-state index contributed by atoms with van der Waals surface area (Å²) in [6.45, 7) is 2.58. The number of hydrogen-bond donors (Lipinski definition) is 1. The highest BCUT2D eigenvalue weighted by Crippen LogP contribution is 2.42. The van der Waals surface area contributed by atoms with Gasteiger partial charge in [-0.15, -0.1) is 0 Å². The fraction of sp³-hybridized carbons (Fsp3) is 0.400. The summed E-state index contributed by atoms with van der Waals surface area (Å²) in [5.41, 5.74) is 1.91. The van der Waals surface area contributed by atoms with Crippen molar-refractivity contribution in [1.82, 2.24) is 14.9 Å². The van der Waals surface area contributed by atoms with Crippen LogP contribution in [0.1, 0.15) is 5.82 Å². The molecule has 2 heterocycles. The van der Waals surface area contributed by atoms with E-state index in [0.29, 0.717) is 17.2 Å². The molecule has 6 heteroatoms. The van der Waals surface area contributed by atoms with E-state index in [9.17, 15) is 0 Å². The maximum absolute atomic E-state index is 5.53. The number of nitrogens with zero attached hydrogens (tertiary/aromatic N) is 2. The second-order valence-electron chi connectivity index (χ2n) is 4.79. The highest BCUT2D eigenvalue weighted by Gasteiger charge is 2.22. The van der Waals surface area contributed by atoms with Gasteiger partial charge in [-0.05, 0) is 0 Å². The van der Waals surface area contributed by atoms with Gasteiger partial charge in [-0.3, -0.25) is 0 Å². The highest BCUT2D eigenvalue weighted by molar-refractivity contribution is 5.76. The van der Waals surface area contributed by atoms with Gasteiger partial charge in [0.2, 0.25) is 0 Å². The number of hydrogen-bond acceptors (Lipinski definition) is 5. The first-order valence-electron chi connectivity index (χ1n) is 6.84. The van der Waals surface area contributed by atoms with Crippen molar-refractivity contribution in [3.63, 3.8) is 0 Å². The predicted octanol–water partition coefficient (Wildman–Crippen LogP) is 1.68. The lowest BCUT2D eigenvalue weighted by atomic mass is 10.1. The molecule has 0 fully saturated rings. The summed E-state index contributed by atoms with van der Waals surface area (Å²) in [7, 11) is 4.92. The topological polar surface area (TPSA) is 57.5 Å². The summed E-state index contributed by atoms with van der Waals surface area (Å²) in [5.74, 6) is 3.16. The Morgan fingerprint density at radius 1 is 1.10 bits per heavy atom. The van der Waals surface area contributed by atoms with Crippen LogP contribution >= 0.6 is 0 Å². The van der Waals surface area contributed by atoms with Gasteiger partial charge in [-0.1, -0.05) is 0 Å². The van der Waals surface area contributed by atoms with Crippen LogP contribution in [0.15, 0.2) is 18.3 Å². The molecule has 0 saturated heterocycles. The van der Waals surface area contributed by atoms with Crippen molar-refractivity contribution in [1.29, 1.82) is 0 Å². The number of aromatic nitrogens is 2. The Hall–Kier alpha value is -2.21. The molecule has 0 saturated carbocycles. The van der Waals surface area contributed by atoms with Crippen LogP contribution in [-0.2, 0) is 13.1 Å². The molecule has 6 nitrogen and oxygen atoms in total. The van der Waals surface area contributed by atoms with Crippen LogP contribution in [0.2, 0.25) is 0 Å². The minimum Gasteiger partial charge on any atom is -0.496 e. The first-order chi connectivity index (χ1) is 10.3. The summed E-state index contributed by atoms with van der Waals surface area (Å²) in [4.78, 5) is 4.48. The van der Waals surface area contributed by atoms with Crippen molar-refractivity contribution in [2.75, 3.05) is 27.9 Å². The van der Waals surface area contributed by atoms with Crippen molar-refractivity contribution >= 4 is 0 Å². The normalized spacial score (nSPS) is 13.7. The Morgan fingerprint density at radius 3 is 2.43 bits per heavy atom. The molecule has 1 aromatic carbocycles. The molecule has 0 atom stereocenters. The molecule has 0 unspecified atom stereocenters. The molecule has 0 radical (unpaired) electrons. The second-order valence-corrected chi connectivity index (χ2v) is 4.79. The molecule has 0 aliphatic carbocycles. The van der Waals surface area contributed by atoms with Crippen LogP contribution in [0, 0.1) is 0 Å². The average Bonchev–Trinajstić information content (AvgIpc) is 2.97. The molecule has 3 rings (SSSR count). The standard InChI is InChI=1S/C15H19N3O3/c1-19-10-6-12(20-2)15(13(7-10)21-3)11-8-17-14-9-16-4-5-18(11)14/h6-8,16H,4-5,9H2,1-3H3. The van der Waals surface area contributed by atoms with Gasteiger partial charge in [-0.25, -0.2) is 4.98 Å². The van der Waals surface area contributed by atoms with Crippen LogP contribution < -0.4 is 19.5 Å². The van der Waals surface area contributed by atoms with E-state index in [1.807, 2.05) is 18.3 Å². The SMILES string of the molecule is COc1cc(OC)c(-c2cnc3n2CCNC3)c(OC)c1. The summed E-state index contributed by atoms with van der Waals surface area (Å²) in [5, 5.41) is 3.32. The summed E-state index contributed by atoms with van der Waals surface area (Å²) < 4.78 is 18.5. The fourth-order valence-corrected chi connectivity index (χ4v) is 2.65. The van der Waals surface area contributed by atoms with E-state index in [4.69, 9.17) is 14.2 Å². The van der Waals surface area contributed by atoms with Crippen molar-refractivity contribution in [3.8, 4) is 28.5 Å². The van der Waals surface area contributed by atoms with Gasteiger partial charge in [0.05, 0.1) is 45.3 Å². The van der Waals surface area contributed by atoms with Crippen molar-refractivity contribution in [2.45, 2.75) is 13.1 Å². The van der Waals surface area contributed by atoms with Gasteiger partial charge >= 0.3 is 0 Å². The number of nitrogens with one attached hydrogen (secondary N) is 1. The van der Waals surface area contributed by atoms with Crippen molar-refractivity contribution < 1.29 is 14.2 Å². The van der Waals surface area contributed by atoms with Gasteiger partial charge in [-0.2, -0.15) is 0 Å². The Bertz CT molecular complexity index is 627. The van der Waals surface area contributed by atoms with Crippen LogP contribution in [0.25, 0.3) is 11.3 Å². The van der Waals surface area contributed by atoms with Gasteiger partial charge in [0, 0.05) is 25.2 Å². The third kappa shape index (κ3) is 2.31. The molecule has 1 aliphatic heterocycles. The highest BCUT2D eigenvalue weighted by atomic mass is 16.5. The number of rotatable bonds is 4. The van der Waals surface area contributed by atoms with Crippen molar-refractivity contribution in [2.24, 2.45) is 0 Å². The maximum atomic E-state index is 5.53. The number of fused-ring (bicyclic) bond motifs is 1. The quantitative estimate of drug-likeness (QED) is 0.928. The molecular formula is C15H19N3O3. The molecule has 21 heavy (non-hydrogen) atoms. The number of methoxy groups -OCH3 is 3. The van der Waals surface area contributed by atoms with Gasteiger partial charge < -0.3 is 24.1 Å². The lowest BCUT2D eigenvalue weighted by molar-refractivity contribution is 0.377. The number of benzene rings is 1. The zero-order valence-corrected chi connectivity index (χ0v) is 12.5. The summed E-state index contributed by atoms with van der Waals surface area (Å²) >= 11 is 0. The largest absolute Gasteiger partial charge is 0.496 e. The molecule has 1 aliphatic rings. The zero-order chi connectivity index (χ0) is 14.8. The minimum absolute atomic E-state index is 0.701. The Labute approximate surface area is 123 Å². The molecule has 112 valence electrons. The monoisotopic (exact) mass is 289 g/mol. The van der Waals surface area contributed by atoms with E-state index in [-0.39, 0.29) is 0 Å². The van der Waals surface area contributed by atoms with Gasteiger partial charge in [0.1, 0.15) is 23.1 Å². The third-order valence-electron chi connectivity index (χ3n) is 3.70. The molecule has 2 aromatic rings. The first kappa shape index (κ1) is 13.8. The van der Waals surface area contributed by atoms with E-state index >= 15 is 0 Å². The smallest absolute Gasteiger partial charge is 0.135 e. The zero-order valence-electron chi connectivity index (χ0n) is 12.5. The second kappa shape index (κ2) is 5.65. The molecular weight excluding hydrogens is 270 g/mol. The number of imidazole rings is 1. The van der Waals surface area contributed by atoms with E-state index in [1.165, 1.54) is 0 Å². The molecule has 1 N–H and O–H groups in total. The van der Waals surface area contributed by atoms with Gasteiger partial charge in [0.25, 0.3) is 0 Å². The lowest BCUT2D eigenvalue weighted by Crippen LogP contribution is -2.28. The molecule has 0 bridgehead atoms. The van der Waals surface area contributed by atoms with Gasteiger partial charge in [0.15, 0.2) is 0 Å². The van der Waals surface area contributed by atoms with E-state index in [1.54, 1.807) is 21.3 Å². The van der Waals surface area contributed by atoms with Crippen LogP contribution in [0.4, 0.5) is 0 Å². The van der Waals surface area contributed by atoms with Crippen LogP contribution in [-0.4, -0.2) is 37.4 Å². The van der Waals surface area contributed by atoms with E-state index < -0.39 is 0 Å². The Balaban J connectivity index is 2.19. The Morgan fingerprint density at radius 2 is 1.81 bits per heavy atom. The van der Waals surface area contributed by atoms with E-state index in [0.717, 1.165) is 36.7 Å². The first-order valence-corrected chi connectivity index (χ1v) is 6.84. The third-order valence-corrected chi connectivity index (χ3v) is 3.70. The van der Waals surface area contributed by atoms with Crippen molar-refractivity contribution in [3.05, 3.63) is 24.2 Å². The maximum Gasteiger partial charge on any atom is 0.135 e. The summed E-state index contributed by atoms with van der Waals surface area (Å²) in [6.07, 6.45) is 1.87. The Kier molecular flexibility index (Phi) is 3.70. The predicted molar refractivity (Wildman–Crippen MR) is 79.0 cm³/mol. The van der Waals surface area contributed by atoms with E-state index in [2.05, 4.69) is 14.9 Å². The minimum atomic E-state index is 0.701. The fourth-order valence-electron chi connectivity index (χ4n) is 2.65. The average molecular weight is 289 g/mol. The molecule has 0 spiro atoms. The number of ether oxygens (including phenoxy) is 3. The lowest BCUT2D eigenvalue weighted by Gasteiger charge is -2.20.